The molecule has 2 N–H and O–H groups in total. The Morgan fingerprint density at radius 1 is 1.12 bits per heavy atom. The average Bonchev–Trinajstić information content (AvgIpc) is 3.26. The van der Waals surface area contributed by atoms with Crippen LogP contribution in [0.1, 0.15) is 34.3 Å². The van der Waals surface area contributed by atoms with Gasteiger partial charge >= 0.3 is 6.18 Å². The number of hydrogen-bond donors (Lipinski definition) is 2. The minimum atomic E-state index is -4.88. The Bertz CT molecular complexity index is 1090. The number of anilines is 1. The Morgan fingerprint density at radius 2 is 1.78 bits per heavy atom. The lowest BCUT2D eigenvalue weighted by Gasteiger charge is -2.15. The summed E-state index contributed by atoms with van der Waals surface area (Å²) in [5, 5.41) is 3.68. The quantitative estimate of drug-likeness (QED) is 0.345. The first-order valence-corrected chi connectivity index (χ1v) is 10.6. The zero-order chi connectivity index (χ0) is 24.0. The van der Waals surface area contributed by atoms with Gasteiger partial charge in [0.2, 0.25) is 5.91 Å². The van der Waals surface area contributed by atoms with Crippen LogP contribution in [0, 0.1) is 11.7 Å². The first-order chi connectivity index (χ1) is 14.8. The van der Waals surface area contributed by atoms with Gasteiger partial charge in [-0.1, -0.05) is 29.3 Å². The molecule has 0 radical (unpaired) electrons. The lowest BCUT2D eigenvalue weighted by molar-refractivity contribution is -0.137. The minimum Gasteiger partial charge on any atom is -0.352 e. The van der Waals surface area contributed by atoms with Gasteiger partial charge in [0.15, 0.2) is 0 Å². The lowest BCUT2D eigenvalue weighted by Crippen LogP contribution is -2.25. The summed E-state index contributed by atoms with van der Waals surface area (Å²) in [6.07, 6.45) is -4.88. The van der Waals surface area contributed by atoms with Crippen molar-refractivity contribution in [3.05, 3.63) is 62.9 Å². The highest BCUT2D eigenvalue weighted by molar-refractivity contribution is 6.53. The molecule has 32 heavy (non-hydrogen) atoms. The number of nitrogens with one attached hydrogen (secondary N) is 2. The molecular formula is C20H14Cl4F4N2O2. The molecular weight excluding hydrogens is 518 g/mol. The van der Waals surface area contributed by atoms with Crippen molar-refractivity contribution in [1.29, 1.82) is 0 Å². The maximum atomic E-state index is 13.4. The average molecular weight is 532 g/mol. The number of hydrogen-bond acceptors (Lipinski definition) is 2. The van der Waals surface area contributed by atoms with Gasteiger partial charge in [0.25, 0.3) is 5.91 Å². The molecule has 2 atom stereocenters. The summed E-state index contributed by atoms with van der Waals surface area (Å²) in [5.74, 6) is -4.15. The molecule has 0 bridgehead atoms. The molecule has 1 aliphatic carbocycles. The molecule has 2 aromatic rings. The molecule has 1 aliphatic rings. The molecule has 4 nitrogen and oxygen atoms in total. The van der Waals surface area contributed by atoms with Crippen LogP contribution < -0.4 is 10.6 Å². The van der Waals surface area contributed by atoms with E-state index in [-0.39, 0.29) is 17.3 Å². The maximum Gasteiger partial charge on any atom is 0.417 e. The van der Waals surface area contributed by atoms with Gasteiger partial charge in [-0.2, -0.15) is 13.2 Å². The topological polar surface area (TPSA) is 58.2 Å². The third kappa shape index (κ3) is 4.78. The number of alkyl halides is 5. The zero-order valence-electron chi connectivity index (χ0n) is 16.1. The fourth-order valence-corrected chi connectivity index (χ4v) is 4.64. The van der Waals surface area contributed by atoms with E-state index in [1.54, 1.807) is 6.92 Å². The summed E-state index contributed by atoms with van der Waals surface area (Å²) in [6.45, 7) is 1.73. The van der Waals surface area contributed by atoms with Crippen LogP contribution in [-0.2, 0) is 11.0 Å². The summed E-state index contributed by atoms with van der Waals surface area (Å²) in [5.41, 5.74) is -1.69. The van der Waals surface area contributed by atoms with Gasteiger partial charge in [-0.3, -0.25) is 9.59 Å². The van der Waals surface area contributed by atoms with Crippen molar-refractivity contribution in [1.82, 2.24) is 5.32 Å². The van der Waals surface area contributed by atoms with Gasteiger partial charge in [-0.25, -0.2) is 4.39 Å². The van der Waals surface area contributed by atoms with E-state index >= 15 is 0 Å². The normalized spacial score (nSPS) is 19.4. The van der Waals surface area contributed by atoms with Crippen LogP contribution in [0.5, 0.6) is 0 Å². The van der Waals surface area contributed by atoms with E-state index in [0.29, 0.717) is 11.6 Å². The lowest BCUT2D eigenvalue weighted by atomic mass is 10.1. The number of carbonyl (C=O) groups is 2. The fourth-order valence-electron chi connectivity index (χ4n) is 3.32. The van der Waals surface area contributed by atoms with Crippen molar-refractivity contribution in [3.63, 3.8) is 0 Å². The summed E-state index contributed by atoms with van der Waals surface area (Å²) in [6, 6.07) is 5.35. The zero-order valence-corrected chi connectivity index (χ0v) is 19.1. The van der Waals surface area contributed by atoms with Gasteiger partial charge in [-0.15, -0.1) is 23.2 Å². The molecule has 1 saturated carbocycles. The summed E-state index contributed by atoms with van der Waals surface area (Å²) < 4.78 is 52.1. The number of amides is 2. The van der Waals surface area contributed by atoms with Crippen molar-refractivity contribution in [3.8, 4) is 0 Å². The van der Waals surface area contributed by atoms with E-state index < -0.39 is 56.1 Å². The van der Waals surface area contributed by atoms with E-state index in [0.717, 1.165) is 12.1 Å². The van der Waals surface area contributed by atoms with E-state index in [4.69, 9.17) is 46.4 Å². The molecule has 0 saturated heterocycles. The molecule has 172 valence electrons. The largest absolute Gasteiger partial charge is 0.417 e. The van der Waals surface area contributed by atoms with Crippen LogP contribution in [-0.4, -0.2) is 22.7 Å². The monoisotopic (exact) mass is 530 g/mol. The van der Waals surface area contributed by atoms with Crippen LogP contribution in [0.15, 0.2) is 30.3 Å². The molecule has 3 rings (SSSR count). The molecule has 12 heteroatoms. The molecule has 2 amide bonds. The molecule has 0 heterocycles. The van der Waals surface area contributed by atoms with E-state index in [1.807, 2.05) is 0 Å². The van der Waals surface area contributed by atoms with Crippen LogP contribution >= 0.6 is 46.4 Å². The summed E-state index contributed by atoms with van der Waals surface area (Å²) >= 11 is 24.0. The fraction of sp³-hybridized carbons (Fsp3) is 0.300. The van der Waals surface area contributed by atoms with Crippen molar-refractivity contribution in [2.75, 3.05) is 11.9 Å². The minimum absolute atomic E-state index is 0.151. The van der Waals surface area contributed by atoms with Crippen molar-refractivity contribution < 1.29 is 27.2 Å². The van der Waals surface area contributed by atoms with Crippen molar-refractivity contribution in [2.24, 2.45) is 5.92 Å². The van der Waals surface area contributed by atoms with Crippen molar-refractivity contribution >= 4 is 63.9 Å². The molecule has 1 fully saturated rings. The third-order valence-corrected chi connectivity index (χ3v) is 6.50. The third-order valence-electron chi connectivity index (χ3n) is 4.87. The highest BCUT2D eigenvalue weighted by atomic mass is 35.5. The first kappa shape index (κ1) is 24.9. The molecule has 0 aliphatic heterocycles. The standard InChI is InChI=1S/C20H14Cl4F4N2O2/c1-2-29-17(31)10-6-9(7-11(16(10)22)20(26,27)28)30-18(32)15-14(19(15,23)24)8-3-4-13(25)12(21)5-8/h3-7,14-15H,2H2,1H3,(H,29,31)(H,30,32). The molecule has 2 unspecified atom stereocenters. The van der Waals surface area contributed by atoms with Crippen LogP contribution in [0.25, 0.3) is 0 Å². The van der Waals surface area contributed by atoms with Gasteiger partial charge in [0.1, 0.15) is 10.2 Å². The smallest absolute Gasteiger partial charge is 0.352 e. The van der Waals surface area contributed by atoms with Crippen molar-refractivity contribution in [2.45, 2.75) is 23.4 Å². The number of carbonyl (C=O) groups excluding carboxylic acids is 2. The highest BCUT2D eigenvalue weighted by Crippen LogP contribution is 2.65. The molecule has 0 aromatic heterocycles. The Hall–Kier alpha value is -1.74. The number of halogens is 8. The number of benzene rings is 2. The van der Waals surface area contributed by atoms with Gasteiger partial charge < -0.3 is 10.6 Å². The van der Waals surface area contributed by atoms with Gasteiger partial charge in [0.05, 0.1) is 27.1 Å². The van der Waals surface area contributed by atoms with E-state index in [1.165, 1.54) is 12.1 Å². The first-order valence-electron chi connectivity index (χ1n) is 9.11. The van der Waals surface area contributed by atoms with E-state index in [2.05, 4.69) is 10.6 Å². The predicted molar refractivity (Wildman–Crippen MR) is 115 cm³/mol. The Labute approximate surface area is 200 Å². The second-order valence-electron chi connectivity index (χ2n) is 7.04. The highest BCUT2D eigenvalue weighted by Gasteiger charge is 2.67. The SMILES string of the molecule is CCNC(=O)c1cc(NC(=O)C2C(c3ccc(F)c(Cl)c3)C2(Cl)Cl)cc(C(F)(F)F)c1Cl. The Balaban J connectivity index is 1.92. The Kier molecular flexibility index (Phi) is 6.92. The second kappa shape index (κ2) is 8.89. The summed E-state index contributed by atoms with van der Waals surface area (Å²) in [7, 11) is 0. The number of rotatable bonds is 5. The van der Waals surface area contributed by atoms with Crippen LogP contribution in [0.3, 0.4) is 0 Å². The maximum absolute atomic E-state index is 13.4. The van der Waals surface area contributed by atoms with Gasteiger partial charge in [-0.05, 0) is 36.8 Å². The predicted octanol–water partition coefficient (Wildman–Crippen LogP) is 6.43. The van der Waals surface area contributed by atoms with E-state index in [9.17, 15) is 27.2 Å². The van der Waals surface area contributed by atoms with Crippen LogP contribution in [0.4, 0.5) is 23.2 Å². The van der Waals surface area contributed by atoms with Gasteiger partial charge in [0, 0.05) is 18.2 Å². The second-order valence-corrected chi connectivity index (χ2v) is 9.26. The van der Waals surface area contributed by atoms with Crippen LogP contribution in [0.2, 0.25) is 10.0 Å². The molecule has 2 aromatic carbocycles. The summed E-state index contributed by atoms with van der Waals surface area (Å²) in [4.78, 5) is 24.9. The Morgan fingerprint density at radius 3 is 2.34 bits per heavy atom. The molecule has 0 spiro atoms.